The van der Waals surface area contributed by atoms with Crippen LogP contribution in [-0.2, 0) is 6.54 Å². The number of benzene rings is 3. The Morgan fingerprint density at radius 1 is 0.714 bits per heavy atom. The summed E-state index contributed by atoms with van der Waals surface area (Å²) < 4.78 is 0. The molecule has 0 aliphatic heterocycles. The summed E-state index contributed by atoms with van der Waals surface area (Å²) in [6.07, 6.45) is 1.71. The summed E-state index contributed by atoms with van der Waals surface area (Å²) in [7, 11) is 0. The van der Waals surface area contributed by atoms with Crippen molar-refractivity contribution in [2.75, 3.05) is 5.32 Å². The fourth-order valence-electron chi connectivity index (χ4n) is 2.89. The average Bonchev–Trinajstić information content (AvgIpc) is 2.74. The quantitative estimate of drug-likeness (QED) is 0.469. The SMILES string of the molecule is Oc1ccc(-c2cnc(NCc3ccccc3)c(-c3ccc(O)cc3)n2)cc1. The normalized spacial score (nSPS) is 10.6. The number of anilines is 1. The van der Waals surface area contributed by atoms with Gasteiger partial charge in [0.1, 0.15) is 17.2 Å². The van der Waals surface area contributed by atoms with Crippen LogP contribution in [-0.4, -0.2) is 20.2 Å². The van der Waals surface area contributed by atoms with E-state index in [1.54, 1.807) is 42.6 Å². The van der Waals surface area contributed by atoms with E-state index in [0.29, 0.717) is 23.8 Å². The molecule has 1 aromatic heterocycles. The summed E-state index contributed by atoms with van der Waals surface area (Å²) in [6.45, 7) is 0.624. The Kier molecular flexibility index (Phi) is 4.89. The summed E-state index contributed by atoms with van der Waals surface area (Å²) in [6, 6.07) is 23.8. The van der Waals surface area contributed by atoms with Crippen LogP contribution < -0.4 is 5.32 Å². The number of phenolic OH excluding ortho intramolecular Hbond substituents is 2. The molecule has 0 aliphatic carbocycles. The number of nitrogens with zero attached hydrogens (tertiary/aromatic N) is 2. The van der Waals surface area contributed by atoms with Crippen molar-refractivity contribution in [2.24, 2.45) is 0 Å². The molecule has 5 nitrogen and oxygen atoms in total. The molecular formula is C23H19N3O2. The third kappa shape index (κ3) is 3.94. The van der Waals surface area contributed by atoms with Gasteiger partial charge in [0.2, 0.25) is 0 Å². The highest BCUT2D eigenvalue weighted by atomic mass is 16.3. The van der Waals surface area contributed by atoms with Gasteiger partial charge in [-0.2, -0.15) is 0 Å². The third-order valence-electron chi connectivity index (χ3n) is 4.38. The van der Waals surface area contributed by atoms with Crippen LogP contribution >= 0.6 is 0 Å². The molecule has 0 saturated carbocycles. The van der Waals surface area contributed by atoms with Gasteiger partial charge in [-0.1, -0.05) is 30.3 Å². The van der Waals surface area contributed by atoms with E-state index < -0.39 is 0 Å². The van der Waals surface area contributed by atoms with Crippen LogP contribution in [0.5, 0.6) is 11.5 Å². The number of hydrogen-bond donors (Lipinski definition) is 3. The number of phenols is 2. The lowest BCUT2D eigenvalue weighted by molar-refractivity contribution is 0.475. The largest absolute Gasteiger partial charge is 0.508 e. The van der Waals surface area contributed by atoms with Gasteiger partial charge >= 0.3 is 0 Å². The van der Waals surface area contributed by atoms with Crippen molar-refractivity contribution in [3.63, 3.8) is 0 Å². The first-order chi connectivity index (χ1) is 13.7. The van der Waals surface area contributed by atoms with Gasteiger partial charge in [0.15, 0.2) is 5.82 Å². The fraction of sp³-hybridized carbons (Fsp3) is 0.0435. The van der Waals surface area contributed by atoms with Crippen molar-refractivity contribution in [3.05, 3.63) is 90.6 Å². The van der Waals surface area contributed by atoms with Crippen molar-refractivity contribution in [3.8, 4) is 34.0 Å². The Balaban J connectivity index is 1.72. The lowest BCUT2D eigenvalue weighted by Crippen LogP contribution is -2.05. The zero-order chi connectivity index (χ0) is 19.3. The predicted octanol–water partition coefficient (Wildman–Crippen LogP) is 4.83. The van der Waals surface area contributed by atoms with Gasteiger partial charge in [-0.05, 0) is 54.1 Å². The van der Waals surface area contributed by atoms with Gasteiger partial charge in [-0.3, -0.25) is 0 Å². The minimum Gasteiger partial charge on any atom is -0.508 e. The molecule has 0 aliphatic rings. The van der Waals surface area contributed by atoms with Crippen LogP contribution in [0.15, 0.2) is 85.1 Å². The summed E-state index contributed by atoms with van der Waals surface area (Å²) in [4.78, 5) is 9.39. The molecule has 138 valence electrons. The van der Waals surface area contributed by atoms with Crippen LogP contribution in [0.2, 0.25) is 0 Å². The Morgan fingerprint density at radius 3 is 1.96 bits per heavy atom. The molecule has 3 aromatic carbocycles. The number of aromatic hydroxyl groups is 2. The number of hydrogen-bond acceptors (Lipinski definition) is 5. The molecule has 5 heteroatoms. The van der Waals surface area contributed by atoms with E-state index >= 15 is 0 Å². The summed E-state index contributed by atoms with van der Waals surface area (Å²) >= 11 is 0. The van der Waals surface area contributed by atoms with E-state index in [4.69, 9.17) is 4.98 Å². The maximum absolute atomic E-state index is 9.61. The molecular weight excluding hydrogens is 350 g/mol. The number of rotatable bonds is 5. The highest BCUT2D eigenvalue weighted by molar-refractivity contribution is 5.74. The van der Waals surface area contributed by atoms with Crippen LogP contribution in [0.3, 0.4) is 0 Å². The maximum atomic E-state index is 9.61. The lowest BCUT2D eigenvalue weighted by Gasteiger charge is -2.13. The van der Waals surface area contributed by atoms with Crippen molar-refractivity contribution in [2.45, 2.75) is 6.54 Å². The Hall–Kier alpha value is -3.86. The molecule has 0 spiro atoms. The molecule has 0 amide bonds. The lowest BCUT2D eigenvalue weighted by atomic mass is 10.1. The van der Waals surface area contributed by atoms with E-state index in [1.807, 2.05) is 42.5 Å². The first-order valence-corrected chi connectivity index (χ1v) is 8.93. The predicted molar refractivity (Wildman–Crippen MR) is 110 cm³/mol. The van der Waals surface area contributed by atoms with Crippen molar-refractivity contribution >= 4 is 5.82 Å². The second-order valence-corrected chi connectivity index (χ2v) is 6.39. The van der Waals surface area contributed by atoms with Gasteiger partial charge in [0.25, 0.3) is 0 Å². The van der Waals surface area contributed by atoms with Gasteiger partial charge in [0, 0.05) is 17.7 Å². The maximum Gasteiger partial charge on any atom is 0.152 e. The highest BCUT2D eigenvalue weighted by Gasteiger charge is 2.12. The zero-order valence-corrected chi connectivity index (χ0v) is 15.1. The minimum atomic E-state index is 0.199. The number of aromatic nitrogens is 2. The molecule has 4 aromatic rings. The molecule has 4 rings (SSSR count). The molecule has 28 heavy (non-hydrogen) atoms. The van der Waals surface area contributed by atoms with Crippen LogP contribution in [0.1, 0.15) is 5.56 Å². The Morgan fingerprint density at radius 2 is 1.32 bits per heavy atom. The molecule has 1 heterocycles. The standard InChI is InChI=1S/C23H19N3O2/c27-19-10-6-17(7-11-19)21-15-25-23(24-14-16-4-2-1-3-5-16)22(26-21)18-8-12-20(28)13-9-18/h1-13,15,27-28H,14H2,(H,24,25). The monoisotopic (exact) mass is 369 g/mol. The van der Waals surface area contributed by atoms with Gasteiger partial charge in [0.05, 0.1) is 11.9 Å². The molecule has 3 N–H and O–H groups in total. The highest BCUT2D eigenvalue weighted by Crippen LogP contribution is 2.29. The van der Waals surface area contributed by atoms with E-state index in [9.17, 15) is 10.2 Å². The molecule has 0 bridgehead atoms. The van der Waals surface area contributed by atoms with Crippen molar-refractivity contribution in [1.82, 2.24) is 9.97 Å². The van der Waals surface area contributed by atoms with Crippen LogP contribution in [0.4, 0.5) is 5.82 Å². The van der Waals surface area contributed by atoms with Crippen molar-refractivity contribution < 1.29 is 10.2 Å². The Labute approximate surface area is 163 Å². The van der Waals surface area contributed by atoms with E-state index in [2.05, 4.69) is 10.3 Å². The van der Waals surface area contributed by atoms with Gasteiger partial charge < -0.3 is 15.5 Å². The first kappa shape index (κ1) is 17.5. The third-order valence-corrected chi connectivity index (χ3v) is 4.38. The summed E-state index contributed by atoms with van der Waals surface area (Å²) in [5.41, 5.74) is 4.25. The van der Waals surface area contributed by atoms with Crippen molar-refractivity contribution in [1.29, 1.82) is 0 Å². The second-order valence-electron chi connectivity index (χ2n) is 6.39. The molecule has 0 unspecified atom stereocenters. The average molecular weight is 369 g/mol. The molecule has 0 radical (unpaired) electrons. The molecule has 0 fully saturated rings. The van der Waals surface area contributed by atoms with Gasteiger partial charge in [-0.25, -0.2) is 9.97 Å². The minimum absolute atomic E-state index is 0.199. The Bertz CT molecular complexity index is 1060. The van der Waals surface area contributed by atoms with Gasteiger partial charge in [-0.15, -0.1) is 0 Å². The fourth-order valence-corrected chi connectivity index (χ4v) is 2.89. The van der Waals surface area contributed by atoms with E-state index in [-0.39, 0.29) is 11.5 Å². The zero-order valence-electron chi connectivity index (χ0n) is 15.1. The topological polar surface area (TPSA) is 78.3 Å². The number of nitrogens with one attached hydrogen (secondary N) is 1. The molecule has 0 atom stereocenters. The van der Waals surface area contributed by atoms with Crippen LogP contribution in [0, 0.1) is 0 Å². The smallest absolute Gasteiger partial charge is 0.152 e. The van der Waals surface area contributed by atoms with E-state index in [0.717, 1.165) is 16.7 Å². The molecule has 0 saturated heterocycles. The van der Waals surface area contributed by atoms with Crippen LogP contribution in [0.25, 0.3) is 22.5 Å². The summed E-state index contributed by atoms with van der Waals surface area (Å²) in [5.74, 6) is 1.07. The van der Waals surface area contributed by atoms with E-state index in [1.165, 1.54) is 0 Å². The first-order valence-electron chi connectivity index (χ1n) is 8.93. The second kappa shape index (κ2) is 7.80. The summed E-state index contributed by atoms with van der Waals surface area (Å²) in [5, 5.41) is 22.5.